The summed E-state index contributed by atoms with van der Waals surface area (Å²) in [6.45, 7) is 4.01. The molecule has 184 valence electrons. The molecular weight excluding hydrogens is 441 g/mol. The molecule has 1 saturated carbocycles. The zero-order valence-electron chi connectivity index (χ0n) is 21.7. The second-order valence-corrected chi connectivity index (χ2v) is 10.0. The van der Waals surface area contributed by atoms with Crippen molar-refractivity contribution in [3.63, 3.8) is 0 Å². The summed E-state index contributed by atoms with van der Waals surface area (Å²) in [6, 6.07) is 6.55. The minimum Gasteiger partial charge on any atom is -0.377 e. The Hall–Kier alpha value is -2.19. The van der Waals surface area contributed by atoms with Gasteiger partial charge in [0.1, 0.15) is 5.56 Å². The van der Waals surface area contributed by atoms with E-state index in [1.807, 2.05) is 36.9 Å². The van der Waals surface area contributed by atoms with Crippen LogP contribution in [0.25, 0.3) is 11.3 Å². The number of ether oxygens (including phenoxy) is 1. The predicted molar refractivity (Wildman–Crippen MR) is 126 cm³/mol. The normalized spacial score (nSPS) is 29.0. The Kier molecular flexibility index (Phi) is 5.87. The van der Waals surface area contributed by atoms with Crippen LogP contribution in [0.5, 0.6) is 0 Å². The molecule has 5 nitrogen and oxygen atoms in total. The topological polar surface area (TPSA) is 50.3 Å². The Morgan fingerprint density at radius 2 is 1.88 bits per heavy atom. The first kappa shape index (κ1) is 21.1. The summed E-state index contributed by atoms with van der Waals surface area (Å²) in [5, 5.41) is 11.2. The van der Waals surface area contributed by atoms with Gasteiger partial charge in [-0.15, -0.1) is 10.2 Å². The number of benzene rings is 1. The van der Waals surface area contributed by atoms with Crippen LogP contribution >= 0.6 is 0 Å². The lowest BCUT2D eigenvalue weighted by Gasteiger charge is -2.28. The van der Waals surface area contributed by atoms with Gasteiger partial charge in [-0.2, -0.15) is 13.2 Å². The third kappa shape index (κ3) is 5.08. The summed E-state index contributed by atoms with van der Waals surface area (Å²) >= 11 is 0. The molecule has 0 bridgehead atoms. The average molecular weight is 477 g/mol. The van der Waals surface area contributed by atoms with E-state index in [9.17, 15) is 13.2 Å². The Bertz CT molecular complexity index is 1090. The van der Waals surface area contributed by atoms with Crippen LogP contribution < -0.4 is 5.32 Å². The maximum absolute atomic E-state index is 14.0. The Balaban J connectivity index is 1.29. The molecule has 1 aliphatic carbocycles. The fourth-order valence-corrected chi connectivity index (χ4v) is 5.62. The molecule has 2 aromatic rings. The third-order valence-electron chi connectivity index (χ3n) is 7.37. The lowest BCUT2D eigenvalue weighted by atomic mass is 10.0. The quantitative estimate of drug-likeness (QED) is 0.620. The van der Waals surface area contributed by atoms with E-state index in [1.54, 1.807) is 0 Å². The number of alkyl halides is 3. The number of nitrogens with one attached hydrogen (secondary N) is 1. The van der Waals surface area contributed by atoms with E-state index in [4.69, 9.17) is 7.48 Å². The van der Waals surface area contributed by atoms with Gasteiger partial charge in [-0.25, -0.2) is 0 Å². The molecule has 3 aliphatic rings. The number of nitrogens with zero attached hydrogens (tertiary/aromatic N) is 3. The molecule has 0 spiro atoms. The Morgan fingerprint density at radius 1 is 1.12 bits per heavy atom. The van der Waals surface area contributed by atoms with Crippen molar-refractivity contribution < 1.29 is 20.6 Å². The molecule has 2 saturated heterocycles. The summed E-state index contributed by atoms with van der Waals surface area (Å²) in [5.74, 6) is 0.236. The van der Waals surface area contributed by atoms with Gasteiger partial charge < -0.3 is 15.0 Å². The Morgan fingerprint density at radius 3 is 2.56 bits per heavy atom. The SMILES string of the molecule is [2H]C([2H])([C@H]1CCCCO1)N1C[C@H]2CC(Nc3nnc(-c4cc(C)ccc4C)cc3C(F)(F)F)C[C@H]2C1. The van der Waals surface area contributed by atoms with Gasteiger partial charge in [-0.3, -0.25) is 0 Å². The molecule has 0 amide bonds. The van der Waals surface area contributed by atoms with Crippen molar-refractivity contribution in [3.8, 4) is 11.3 Å². The van der Waals surface area contributed by atoms with Crippen molar-refractivity contribution >= 4 is 5.82 Å². The van der Waals surface area contributed by atoms with Crippen LogP contribution in [-0.4, -0.2) is 53.4 Å². The van der Waals surface area contributed by atoms with Crippen molar-refractivity contribution in [1.82, 2.24) is 15.1 Å². The number of likely N-dealkylation sites (tertiary alicyclic amines) is 1. The lowest BCUT2D eigenvalue weighted by molar-refractivity contribution is -0.137. The van der Waals surface area contributed by atoms with Gasteiger partial charge in [0.15, 0.2) is 5.82 Å². The van der Waals surface area contributed by atoms with Gasteiger partial charge in [0.05, 0.1) is 11.8 Å². The van der Waals surface area contributed by atoms with E-state index in [-0.39, 0.29) is 29.4 Å². The molecule has 4 atom stereocenters. The van der Waals surface area contributed by atoms with Gasteiger partial charge in [0.2, 0.25) is 0 Å². The molecule has 1 aromatic carbocycles. The summed E-state index contributed by atoms with van der Waals surface area (Å²) < 4.78 is 65.1. The summed E-state index contributed by atoms with van der Waals surface area (Å²) in [6.07, 6.45) is -0.951. The van der Waals surface area contributed by atoms with Crippen LogP contribution in [0.15, 0.2) is 24.3 Å². The number of hydrogen-bond donors (Lipinski definition) is 1. The number of anilines is 1. The van der Waals surface area contributed by atoms with Gasteiger partial charge in [0, 0.05) is 40.5 Å². The average Bonchev–Trinajstić information content (AvgIpc) is 3.40. The molecule has 3 heterocycles. The zero-order valence-corrected chi connectivity index (χ0v) is 19.7. The van der Waals surface area contributed by atoms with Crippen molar-refractivity contribution in [3.05, 3.63) is 41.0 Å². The fraction of sp³-hybridized carbons (Fsp3) is 0.615. The Labute approximate surface area is 201 Å². The third-order valence-corrected chi connectivity index (χ3v) is 7.37. The van der Waals surface area contributed by atoms with Gasteiger partial charge >= 0.3 is 6.18 Å². The molecule has 34 heavy (non-hydrogen) atoms. The van der Waals surface area contributed by atoms with Crippen molar-refractivity contribution in [2.24, 2.45) is 11.8 Å². The fourth-order valence-electron chi connectivity index (χ4n) is 5.62. The van der Waals surface area contributed by atoms with Crippen LogP contribution in [0.4, 0.5) is 19.0 Å². The molecule has 1 N–H and O–H groups in total. The first-order valence-electron chi connectivity index (χ1n) is 13.2. The molecular formula is C26H33F3N4O. The van der Waals surface area contributed by atoms with Gasteiger partial charge in [-0.05, 0) is 75.5 Å². The van der Waals surface area contributed by atoms with Crippen LogP contribution in [0.2, 0.25) is 0 Å². The molecule has 3 fully saturated rings. The zero-order chi connectivity index (χ0) is 25.7. The van der Waals surface area contributed by atoms with Crippen LogP contribution in [-0.2, 0) is 10.9 Å². The first-order valence-corrected chi connectivity index (χ1v) is 12.2. The second-order valence-electron chi connectivity index (χ2n) is 10.0. The first-order chi connectivity index (χ1) is 17.0. The summed E-state index contributed by atoms with van der Waals surface area (Å²) in [7, 11) is 0. The van der Waals surface area contributed by atoms with E-state index in [1.165, 1.54) is 0 Å². The highest BCUT2D eigenvalue weighted by atomic mass is 19.4. The largest absolute Gasteiger partial charge is 0.420 e. The lowest BCUT2D eigenvalue weighted by Crippen LogP contribution is -2.35. The number of hydrogen-bond acceptors (Lipinski definition) is 5. The van der Waals surface area contributed by atoms with E-state index in [0.717, 1.165) is 36.5 Å². The second kappa shape index (κ2) is 9.46. The van der Waals surface area contributed by atoms with Gasteiger partial charge in [0.25, 0.3) is 0 Å². The van der Waals surface area contributed by atoms with Crippen molar-refractivity contribution in [2.45, 2.75) is 64.3 Å². The maximum Gasteiger partial charge on any atom is 0.420 e. The molecule has 1 unspecified atom stereocenters. The van der Waals surface area contributed by atoms with Crippen LogP contribution in [0, 0.1) is 25.7 Å². The van der Waals surface area contributed by atoms with Crippen LogP contribution in [0.3, 0.4) is 0 Å². The van der Waals surface area contributed by atoms with E-state index in [2.05, 4.69) is 15.5 Å². The monoisotopic (exact) mass is 476 g/mol. The van der Waals surface area contributed by atoms with E-state index < -0.39 is 24.3 Å². The standard InChI is InChI=1S/C26H33F3N4O/c1-16-6-7-17(2)22(9-16)24-12-23(26(27,28)29)25(32-31-24)30-20-10-18-13-33(14-19(18)11-20)15-21-5-3-4-8-34-21/h6-7,9,12,18-21H,3-5,8,10-11,13-15H2,1-2H3,(H,30,32)/t18-,19+,20?,21-/m1/s1/i15D2. The number of halogens is 3. The van der Waals surface area contributed by atoms with Crippen LogP contribution in [0.1, 0.15) is 51.5 Å². The maximum atomic E-state index is 14.0. The molecule has 1 aromatic heterocycles. The van der Waals surface area contributed by atoms with Crippen molar-refractivity contribution in [1.29, 1.82) is 0 Å². The van der Waals surface area contributed by atoms with E-state index in [0.29, 0.717) is 38.1 Å². The molecule has 8 heteroatoms. The smallest absolute Gasteiger partial charge is 0.377 e. The summed E-state index contributed by atoms with van der Waals surface area (Å²) in [5.41, 5.74) is 1.83. The molecule has 5 rings (SSSR count). The van der Waals surface area contributed by atoms with Crippen molar-refractivity contribution in [2.75, 3.05) is 31.5 Å². The number of fused-ring (bicyclic) bond motifs is 1. The van der Waals surface area contributed by atoms with E-state index >= 15 is 0 Å². The molecule has 2 aliphatic heterocycles. The highest BCUT2D eigenvalue weighted by Gasteiger charge is 2.43. The number of aryl methyl sites for hydroxylation is 2. The minimum atomic E-state index is -4.56. The van der Waals surface area contributed by atoms with Gasteiger partial charge in [-0.1, -0.05) is 17.7 Å². The highest BCUT2D eigenvalue weighted by molar-refractivity contribution is 5.66. The number of aromatic nitrogens is 2. The predicted octanol–water partition coefficient (Wildman–Crippen LogP) is 5.47. The minimum absolute atomic E-state index is 0.152. The number of rotatable bonds is 5. The summed E-state index contributed by atoms with van der Waals surface area (Å²) in [4.78, 5) is 1.88. The molecule has 0 radical (unpaired) electrons. The highest BCUT2D eigenvalue weighted by Crippen LogP contribution is 2.41.